The highest BCUT2D eigenvalue weighted by Crippen LogP contribution is 2.29. The first kappa shape index (κ1) is 22.5. The van der Waals surface area contributed by atoms with E-state index in [-0.39, 0.29) is 42.9 Å². The Bertz CT molecular complexity index is 534. The molecule has 9 heteroatoms. The summed E-state index contributed by atoms with van der Waals surface area (Å²) in [7, 11) is 1.31. The van der Waals surface area contributed by atoms with Crippen LogP contribution in [0.15, 0.2) is 29.3 Å². The third kappa shape index (κ3) is 8.37. The largest absolute Gasteiger partial charge is 0.469 e. The van der Waals surface area contributed by atoms with Gasteiger partial charge in [-0.3, -0.25) is 4.79 Å². The fourth-order valence-corrected chi connectivity index (χ4v) is 1.70. The van der Waals surface area contributed by atoms with E-state index in [9.17, 15) is 18.0 Å². The van der Waals surface area contributed by atoms with Crippen molar-refractivity contribution in [1.82, 2.24) is 10.6 Å². The molecule has 1 aromatic carbocycles. The minimum Gasteiger partial charge on any atom is -0.469 e. The SMILES string of the molecule is CCNC(=NCc1ccc(C(F)(F)F)cc1)NCCC(=O)OC.I. The standard InChI is InChI=1S/C15H20F3N3O2.HI/c1-3-19-14(20-9-8-13(22)23-2)21-10-11-4-6-12(7-5-11)15(16,17)18;/h4-7H,3,8-10H2,1-2H3,(H2,19,20,21);1H. The van der Waals surface area contributed by atoms with E-state index in [1.807, 2.05) is 6.92 Å². The number of rotatable bonds is 6. The number of ether oxygens (including phenoxy) is 1. The van der Waals surface area contributed by atoms with Crippen LogP contribution in [0.1, 0.15) is 24.5 Å². The first-order valence-corrected chi connectivity index (χ1v) is 7.12. The lowest BCUT2D eigenvalue weighted by Gasteiger charge is -2.11. The van der Waals surface area contributed by atoms with E-state index in [1.165, 1.54) is 19.2 Å². The average Bonchev–Trinajstić information content (AvgIpc) is 2.52. The lowest BCUT2D eigenvalue weighted by Crippen LogP contribution is -2.38. The van der Waals surface area contributed by atoms with Gasteiger partial charge in [-0.25, -0.2) is 4.99 Å². The number of hydrogen-bond acceptors (Lipinski definition) is 3. The molecule has 0 amide bonds. The molecule has 0 radical (unpaired) electrons. The van der Waals surface area contributed by atoms with E-state index in [0.717, 1.165) is 12.1 Å². The summed E-state index contributed by atoms with van der Waals surface area (Å²) in [6.07, 6.45) is -4.15. The monoisotopic (exact) mass is 459 g/mol. The molecule has 1 rings (SSSR count). The van der Waals surface area contributed by atoms with Crippen LogP contribution in [0.4, 0.5) is 13.2 Å². The van der Waals surface area contributed by atoms with Crippen molar-refractivity contribution in [1.29, 1.82) is 0 Å². The van der Waals surface area contributed by atoms with Crippen LogP contribution in [0.25, 0.3) is 0 Å². The number of benzene rings is 1. The molecule has 0 fully saturated rings. The number of carbonyl (C=O) groups is 1. The maximum Gasteiger partial charge on any atom is 0.416 e. The third-order valence-corrected chi connectivity index (χ3v) is 2.89. The van der Waals surface area contributed by atoms with Gasteiger partial charge in [0, 0.05) is 13.1 Å². The molecule has 0 aliphatic carbocycles. The maximum absolute atomic E-state index is 12.5. The quantitative estimate of drug-likeness (QED) is 0.297. The molecule has 1 aromatic rings. The van der Waals surface area contributed by atoms with Gasteiger partial charge < -0.3 is 15.4 Å². The Balaban J connectivity index is 0.00000529. The second kappa shape index (κ2) is 11.1. The summed E-state index contributed by atoms with van der Waals surface area (Å²) in [5.41, 5.74) is -0.0310. The molecular weight excluding hydrogens is 438 g/mol. The van der Waals surface area contributed by atoms with Gasteiger partial charge in [-0.15, -0.1) is 24.0 Å². The van der Waals surface area contributed by atoms with Crippen LogP contribution in [0.5, 0.6) is 0 Å². The number of nitrogens with one attached hydrogen (secondary N) is 2. The number of alkyl halides is 3. The van der Waals surface area contributed by atoms with E-state index >= 15 is 0 Å². The summed E-state index contributed by atoms with van der Waals surface area (Å²) in [5, 5.41) is 5.94. The van der Waals surface area contributed by atoms with Gasteiger partial charge in [-0.2, -0.15) is 13.2 Å². The fraction of sp³-hybridized carbons (Fsp3) is 0.467. The zero-order valence-electron chi connectivity index (χ0n) is 13.4. The first-order chi connectivity index (χ1) is 10.9. The van der Waals surface area contributed by atoms with Crippen molar-refractivity contribution in [2.75, 3.05) is 20.2 Å². The molecule has 0 saturated carbocycles. The Kier molecular flexibility index (Phi) is 10.4. The molecule has 0 aliphatic heterocycles. The van der Waals surface area contributed by atoms with E-state index in [0.29, 0.717) is 24.6 Å². The predicted octanol–water partition coefficient (Wildman–Crippen LogP) is 2.94. The van der Waals surface area contributed by atoms with E-state index < -0.39 is 11.7 Å². The average molecular weight is 459 g/mol. The van der Waals surface area contributed by atoms with E-state index in [4.69, 9.17) is 0 Å². The topological polar surface area (TPSA) is 62.7 Å². The number of halogens is 4. The van der Waals surface area contributed by atoms with Gasteiger partial charge in [0.2, 0.25) is 0 Å². The smallest absolute Gasteiger partial charge is 0.416 e. The van der Waals surface area contributed by atoms with Crippen molar-refractivity contribution in [2.24, 2.45) is 4.99 Å². The van der Waals surface area contributed by atoms with Gasteiger partial charge in [0.15, 0.2) is 5.96 Å². The van der Waals surface area contributed by atoms with Crippen LogP contribution in [0.2, 0.25) is 0 Å². The molecule has 0 aliphatic rings. The van der Waals surface area contributed by atoms with Crippen molar-refractivity contribution in [3.05, 3.63) is 35.4 Å². The second-order valence-electron chi connectivity index (χ2n) is 4.64. The summed E-state index contributed by atoms with van der Waals surface area (Å²) in [6, 6.07) is 4.85. The third-order valence-electron chi connectivity index (χ3n) is 2.89. The molecule has 0 atom stereocenters. The highest BCUT2D eigenvalue weighted by Gasteiger charge is 2.29. The minimum atomic E-state index is -4.34. The predicted molar refractivity (Wildman–Crippen MR) is 96.3 cm³/mol. The molecule has 0 aromatic heterocycles. The van der Waals surface area contributed by atoms with Gasteiger partial charge in [-0.1, -0.05) is 12.1 Å². The van der Waals surface area contributed by atoms with Crippen LogP contribution >= 0.6 is 24.0 Å². The number of guanidine groups is 1. The molecular formula is C15H21F3IN3O2. The normalized spacial score (nSPS) is 11.5. The summed E-state index contributed by atoms with van der Waals surface area (Å²) < 4.78 is 42.0. The number of methoxy groups -OCH3 is 1. The Hall–Kier alpha value is -1.52. The van der Waals surface area contributed by atoms with Crippen LogP contribution in [0, 0.1) is 0 Å². The highest BCUT2D eigenvalue weighted by molar-refractivity contribution is 14.0. The van der Waals surface area contributed by atoms with Crippen molar-refractivity contribution in [3.63, 3.8) is 0 Å². The maximum atomic E-state index is 12.5. The van der Waals surface area contributed by atoms with Gasteiger partial charge in [0.05, 0.1) is 25.6 Å². The zero-order chi connectivity index (χ0) is 17.3. The molecule has 0 bridgehead atoms. The van der Waals surface area contributed by atoms with Crippen molar-refractivity contribution < 1.29 is 22.7 Å². The Morgan fingerprint density at radius 2 is 1.83 bits per heavy atom. The van der Waals surface area contributed by atoms with Gasteiger partial charge in [0.1, 0.15) is 0 Å². The molecule has 0 spiro atoms. The molecule has 0 unspecified atom stereocenters. The lowest BCUT2D eigenvalue weighted by molar-refractivity contribution is -0.140. The van der Waals surface area contributed by atoms with Gasteiger partial charge in [-0.05, 0) is 24.6 Å². The number of hydrogen-bond donors (Lipinski definition) is 2. The second-order valence-corrected chi connectivity index (χ2v) is 4.64. The highest BCUT2D eigenvalue weighted by atomic mass is 127. The fourth-order valence-electron chi connectivity index (χ4n) is 1.70. The summed E-state index contributed by atoms with van der Waals surface area (Å²) in [6.45, 7) is 3.09. The lowest BCUT2D eigenvalue weighted by atomic mass is 10.1. The van der Waals surface area contributed by atoms with Crippen molar-refractivity contribution >= 4 is 35.9 Å². The Morgan fingerprint density at radius 3 is 2.33 bits per heavy atom. The number of nitrogens with zero attached hydrogens (tertiary/aromatic N) is 1. The molecule has 0 heterocycles. The summed E-state index contributed by atoms with van der Waals surface area (Å²) in [5.74, 6) is 0.146. The van der Waals surface area contributed by atoms with Crippen LogP contribution < -0.4 is 10.6 Å². The van der Waals surface area contributed by atoms with Crippen LogP contribution in [-0.2, 0) is 22.3 Å². The minimum absolute atomic E-state index is 0. The number of esters is 1. The summed E-state index contributed by atoms with van der Waals surface area (Å²) in [4.78, 5) is 15.3. The van der Waals surface area contributed by atoms with E-state index in [2.05, 4.69) is 20.4 Å². The molecule has 5 nitrogen and oxygen atoms in total. The van der Waals surface area contributed by atoms with Crippen LogP contribution in [0.3, 0.4) is 0 Å². The number of aliphatic imine (C=N–C) groups is 1. The zero-order valence-corrected chi connectivity index (χ0v) is 15.8. The van der Waals surface area contributed by atoms with E-state index in [1.54, 1.807) is 0 Å². The Labute approximate surface area is 156 Å². The Morgan fingerprint density at radius 1 is 1.21 bits per heavy atom. The van der Waals surface area contributed by atoms with Crippen molar-refractivity contribution in [3.8, 4) is 0 Å². The molecule has 136 valence electrons. The van der Waals surface area contributed by atoms with Gasteiger partial charge in [0.25, 0.3) is 0 Å². The molecule has 24 heavy (non-hydrogen) atoms. The summed E-state index contributed by atoms with van der Waals surface area (Å²) >= 11 is 0. The number of carbonyl (C=O) groups excluding carboxylic acids is 1. The van der Waals surface area contributed by atoms with Crippen LogP contribution in [-0.4, -0.2) is 32.1 Å². The first-order valence-electron chi connectivity index (χ1n) is 7.12. The van der Waals surface area contributed by atoms with Gasteiger partial charge >= 0.3 is 12.1 Å². The van der Waals surface area contributed by atoms with Crippen molar-refractivity contribution in [2.45, 2.75) is 26.1 Å². The molecule has 0 saturated heterocycles. The molecule has 2 N–H and O–H groups in total.